The summed E-state index contributed by atoms with van der Waals surface area (Å²) in [6.07, 6.45) is 1.92. The number of pyridine rings is 1. The van der Waals surface area contributed by atoms with Crippen LogP contribution >= 0.6 is 0 Å². The largest absolute Gasteiger partial charge is 4.00 e. The van der Waals surface area contributed by atoms with Crippen molar-refractivity contribution in [3.63, 3.8) is 0 Å². The van der Waals surface area contributed by atoms with Crippen LogP contribution in [0.2, 0.25) is 0 Å². The summed E-state index contributed by atoms with van der Waals surface area (Å²) in [5.74, 6) is 2.10. The fourth-order valence-electron chi connectivity index (χ4n) is 8.71. The Bertz CT molecular complexity index is 2960. The molecule has 1 aliphatic rings. The minimum Gasteiger partial charge on any atom is -0.509 e. The van der Waals surface area contributed by atoms with Crippen molar-refractivity contribution >= 4 is 44.6 Å². The van der Waals surface area contributed by atoms with Gasteiger partial charge in [-0.05, 0) is 86.3 Å². The summed E-state index contributed by atoms with van der Waals surface area (Å²) in [6.45, 7) is 27.2. The Morgan fingerprint density at radius 1 is 0.547 bits per heavy atom. The summed E-state index contributed by atoms with van der Waals surface area (Å²) in [5.41, 5.74) is 12.0. The summed E-state index contributed by atoms with van der Waals surface area (Å²) < 4.78 is 9.08. The van der Waals surface area contributed by atoms with E-state index in [0.717, 1.165) is 45.0 Å². The second-order valence-corrected chi connectivity index (χ2v) is 20.4. The first-order valence-corrected chi connectivity index (χ1v) is 21.8. The van der Waals surface area contributed by atoms with Gasteiger partial charge < -0.3 is 26.5 Å². The number of aromatic nitrogens is 2. The fourth-order valence-corrected chi connectivity index (χ4v) is 8.71. The average molecular weight is 1020 g/mol. The van der Waals surface area contributed by atoms with E-state index in [2.05, 4.69) is 231 Å². The first kappa shape index (κ1) is 46.4. The molecule has 8 aromatic rings. The van der Waals surface area contributed by atoms with Crippen molar-refractivity contribution < 1.29 is 25.8 Å². The molecule has 9 rings (SSSR count). The van der Waals surface area contributed by atoms with Crippen LogP contribution in [0.1, 0.15) is 104 Å². The van der Waals surface area contributed by atoms with E-state index in [1.165, 1.54) is 33.2 Å². The van der Waals surface area contributed by atoms with Crippen LogP contribution in [-0.2, 0) is 42.7 Å². The Kier molecular flexibility index (Phi) is 12.4. The molecule has 0 aliphatic carbocycles. The van der Waals surface area contributed by atoms with Crippen molar-refractivity contribution in [3.05, 3.63) is 194 Å². The van der Waals surface area contributed by atoms with Crippen molar-refractivity contribution in [2.45, 2.75) is 97.8 Å². The van der Waals surface area contributed by atoms with Gasteiger partial charge in [0.15, 0.2) is 0 Å². The molecule has 6 heteroatoms. The maximum absolute atomic E-state index is 6.84. The zero-order valence-corrected chi connectivity index (χ0v) is 41.6. The number of rotatable bonds is 7. The van der Waals surface area contributed by atoms with Gasteiger partial charge in [-0.1, -0.05) is 154 Å². The smallest absolute Gasteiger partial charge is 0.509 e. The first-order chi connectivity index (χ1) is 29.4. The van der Waals surface area contributed by atoms with E-state index in [4.69, 9.17) is 9.72 Å². The van der Waals surface area contributed by atoms with Gasteiger partial charge in [0, 0.05) is 45.7 Å². The predicted molar refractivity (Wildman–Crippen MR) is 265 cm³/mol. The number of hydrogen-bond acceptors (Lipinski definition) is 4. The monoisotopic (exact) mass is 1020 g/mol. The van der Waals surface area contributed by atoms with Crippen molar-refractivity contribution in [3.8, 4) is 17.3 Å². The summed E-state index contributed by atoms with van der Waals surface area (Å²) in [5, 5.41) is 2.33. The summed E-state index contributed by atoms with van der Waals surface area (Å²) in [4.78, 5) is 9.46. The van der Waals surface area contributed by atoms with Gasteiger partial charge in [-0.15, -0.1) is 48.3 Å². The molecule has 0 bridgehead atoms. The number of para-hydroxylation sites is 3. The maximum Gasteiger partial charge on any atom is 4.00 e. The molecular weight excluding hydrogens is 964 g/mol. The van der Waals surface area contributed by atoms with Crippen molar-refractivity contribution in [1.82, 2.24) is 9.55 Å². The van der Waals surface area contributed by atoms with Crippen LogP contribution in [0.4, 0.5) is 22.7 Å². The van der Waals surface area contributed by atoms with E-state index in [1.54, 1.807) is 0 Å². The van der Waals surface area contributed by atoms with Gasteiger partial charge in [-0.3, -0.25) is 0 Å². The Labute approximate surface area is 396 Å². The van der Waals surface area contributed by atoms with E-state index in [1.807, 2.05) is 18.3 Å². The van der Waals surface area contributed by atoms with E-state index in [9.17, 15) is 0 Å². The quantitative estimate of drug-likeness (QED) is 0.149. The molecule has 3 heterocycles. The van der Waals surface area contributed by atoms with Gasteiger partial charge >= 0.3 is 21.1 Å². The van der Waals surface area contributed by atoms with E-state index >= 15 is 0 Å². The number of hydrogen-bond donors (Lipinski definition) is 0. The standard InChI is InChI=1S/C57H57N4O.CH3.Pt/c1-54(2,3)39-28-29-58-52(33-39)61-48-25-16-15-24-46(48)53-47(56(7,8)9)35-45(36-51(53)61)62-44-23-19-22-42(34-44)59-37-60(50-27-18-17-26-49(50)59)43-31-40(55(4,5)6)30-41(32-43)57(10,11)38-20-13-12-14-21-38;;/h12-33,35,37H,1-11H3;1H3;/q-3;-1;+4. The molecule has 0 atom stereocenters. The van der Waals surface area contributed by atoms with Gasteiger partial charge in [0.1, 0.15) is 5.82 Å². The van der Waals surface area contributed by atoms with E-state index in [-0.39, 0.29) is 50.2 Å². The van der Waals surface area contributed by atoms with Crippen LogP contribution in [0, 0.1) is 26.2 Å². The molecule has 64 heavy (non-hydrogen) atoms. The van der Waals surface area contributed by atoms with Crippen LogP contribution in [0.3, 0.4) is 0 Å². The number of anilines is 4. The Hall–Kier alpha value is -5.64. The molecule has 0 radical (unpaired) electrons. The summed E-state index contributed by atoms with van der Waals surface area (Å²) in [7, 11) is 0. The second-order valence-electron chi connectivity index (χ2n) is 20.4. The predicted octanol–water partition coefficient (Wildman–Crippen LogP) is 15.6. The van der Waals surface area contributed by atoms with E-state index in [0.29, 0.717) is 11.5 Å². The van der Waals surface area contributed by atoms with Gasteiger partial charge in [0.25, 0.3) is 0 Å². The molecule has 0 saturated heterocycles. The minimum atomic E-state index is -0.204. The molecule has 0 spiro atoms. The average Bonchev–Trinajstić information content (AvgIpc) is 3.79. The molecule has 0 unspecified atom stereocenters. The van der Waals surface area contributed by atoms with Gasteiger partial charge in [0.05, 0.1) is 0 Å². The maximum atomic E-state index is 6.84. The molecule has 328 valence electrons. The van der Waals surface area contributed by atoms with Crippen molar-refractivity contribution in [1.29, 1.82) is 0 Å². The van der Waals surface area contributed by atoms with Crippen LogP contribution in [-0.4, -0.2) is 9.55 Å². The molecule has 1 aliphatic heterocycles. The number of fused-ring (bicyclic) bond motifs is 4. The van der Waals surface area contributed by atoms with Crippen LogP contribution in [0.5, 0.6) is 11.5 Å². The number of nitrogens with zero attached hydrogens (tertiary/aromatic N) is 4. The molecule has 0 saturated carbocycles. The van der Waals surface area contributed by atoms with Gasteiger partial charge in [-0.2, -0.15) is 6.07 Å². The van der Waals surface area contributed by atoms with Crippen molar-refractivity contribution in [2.75, 3.05) is 9.80 Å². The molecule has 0 fully saturated rings. The Morgan fingerprint density at radius 3 is 1.88 bits per heavy atom. The normalized spacial score (nSPS) is 13.2. The molecule has 0 N–H and O–H groups in total. The topological polar surface area (TPSA) is 33.5 Å². The fraction of sp³-hybridized carbons (Fsp3) is 0.259. The summed E-state index contributed by atoms with van der Waals surface area (Å²) in [6, 6.07) is 55.1. The molecule has 0 amide bonds. The minimum absolute atomic E-state index is 0. The summed E-state index contributed by atoms with van der Waals surface area (Å²) >= 11 is 0. The SMILES string of the molecule is CC(C)(C)c1cc(N2[CH-]N(c3[c-]c(Oc4[c-]c5c(c(C(C)(C)C)c4)c4ccccc4n5-c4cc(C(C)(C)C)ccn4)ccc3)c3ccccc32)cc(C(C)(C)c2ccccc2)c1.[CH3-].[Pt+4]. The van der Waals surface area contributed by atoms with Gasteiger partial charge in [0.2, 0.25) is 0 Å². The first-order valence-electron chi connectivity index (χ1n) is 21.8. The Morgan fingerprint density at radius 2 is 1.19 bits per heavy atom. The zero-order chi connectivity index (χ0) is 43.8. The van der Waals surface area contributed by atoms with Gasteiger partial charge in [-0.25, -0.2) is 4.98 Å². The second kappa shape index (κ2) is 17.1. The van der Waals surface area contributed by atoms with Crippen LogP contribution < -0.4 is 14.5 Å². The molecule has 2 aromatic heterocycles. The number of ether oxygens (including phenoxy) is 1. The molecule has 5 nitrogen and oxygen atoms in total. The Balaban J connectivity index is 0.00000306. The molecule has 6 aromatic carbocycles. The van der Waals surface area contributed by atoms with Crippen LogP contribution in [0.25, 0.3) is 27.6 Å². The third-order valence-electron chi connectivity index (χ3n) is 12.5. The third kappa shape index (κ3) is 8.52. The number of benzene rings is 6. The zero-order valence-electron chi connectivity index (χ0n) is 39.4. The molecular formula is C58H60N4OPt. The van der Waals surface area contributed by atoms with E-state index < -0.39 is 0 Å². The van der Waals surface area contributed by atoms with Crippen molar-refractivity contribution in [2.24, 2.45) is 0 Å². The van der Waals surface area contributed by atoms with Crippen LogP contribution in [0.15, 0.2) is 140 Å². The third-order valence-corrected chi connectivity index (χ3v) is 12.5.